The van der Waals surface area contributed by atoms with Crippen molar-refractivity contribution in [1.29, 1.82) is 0 Å². The first-order valence-electron chi connectivity index (χ1n) is 9.51. The van der Waals surface area contributed by atoms with Gasteiger partial charge in [0, 0.05) is 44.3 Å². The zero-order valence-corrected chi connectivity index (χ0v) is 17.1. The highest BCUT2D eigenvalue weighted by atomic mass is 32.2. The summed E-state index contributed by atoms with van der Waals surface area (Å²) in [7, 11) is -3.17. The second-order valence-electron chi connectivity index (χ2n) is 7.24. The Morgan fingerprint density at radius 2 is 1.63 bits per heavy atom. The number of hydrogen-bond acceptors (Lipinski definition) is 6. The van der Waals surface area contributed by atoms with Crippen LogP contribution in [0.2, 0.25) is 0 Å². The number of hydrogen-bond donors (Lipinski definition) is 0. The molecule has 2 aromatic rings. The Bertz CT molecular complexity index is 841. The lowest BCUT2D eigenvalue weighted by Gasteiger charge is -2.36. The molecule has 1 fully saturated rings. The first-order valence-corrected chi connectivity index (χ1v) is 11.2. The molecule has 1 saturated heterocycles. The standard InChI is InChI=1S/C20H28N4O2S/c1-4-27(25,26)19-8-5-17(6-9-19)20-10-7-18(21-22-20)15-23-11-13-24(14-12-23)16(2)3/h5-10,16H,4,11-15H2,1-3H3. The Morgan fingerprint density at radius 3 is 2.15 bits per heavy atom. The molecule has 0 atom stereocenters. The topological polar surface area (TPSA) is 66.4 Å². The van der Waals surface area contributed by atoms with Gasteiger partial charge in [0.2, 0.25) is 0 Å². The zero-order valence-electron chi connectivity index (χ0n) is 16.3. The molecule has 27 heavy (non-hydrogen) atoms. The molecule has 146 valence electrons. The van der Waals surface area contributed by atoms with E-state index >= 15 is 0 Å². The van der Waals surface area contributed by atoms with Crippen molar-refractivity contribution in [1.82, 2.24) is 20.0 Å². The van der Waals surface area contributed by atoms with Crippen LogP contribution in [-0.4, -0.2) is 66.4 Å². The van der Waals surface area contributed by atoms with Gasteiger partial charge in [-0.2, -0.15) is 10.2 Å². The van der Waals surface area contributed by atoms with Gasteiger partial charge < -0.3 is 0 Å². The molecule has 0 radical (unpaired) electrons. The van der Waals surface area contributed by atoms with Crippen LogP contribution >= 0.6 is 0 Å². The van der Waals surface area contributed by atoms with Gasteiger partial charge in [-0.15, -0.1) is 0 Å². The van der Waals surface area contributed by atoms with Gasteiger partial charge in [0.15, 0.2) is 9.84 Å². The van der Waals surface area contributed by atoms with Gasteiger partial charge in [-0.3, -0.25) is 9.80 Å². The maximum atomic E-state index is 11.9. The van der Waals surface area contributed by atoms with E-state index < -0.39 is 9.84 Å². The van der Waals surface area contributed by atoms with Crippen molar-refractivity contribution in [2.45, 2.75) is 38.3 Å². The number of sulfone groups is 1. The fraction of sp³-hybridized carbons (Fsp3) is 0.500. The summed E-state index contributed by atoms with van der Waals surface area (Å²) in [4.78, 5) is 5.25. The molecule has 1 aliphatic heterocycles. The Labute approximate surface area is 162 Å². The van der Waals surface area contributed by atoms with Gasteiger partial charge in [0.05, 0.1) is 22.0 Å². The third-order valence-corrected chi connectivity index (χ3v) is 6.88. The van der Waals surface area contributed by atoms with Gasteiger partial charge in [0.25, 0.3) is 0 Å². The molecule has 0 aliphatic carbocycles. The van der Waals surface area contributed by atoms with Crippen molar-refractivity contribution < 1.29 is 8.42 Å². The van der Waals surface area contributed by atoms with E-state index in [9.17, 15) is 8.42 Å². The normalized spacial score (nSPS) is 16.7. The molecule has 3 rings (SSSR count). The minimum Gasteiger partial charge on any atom is -0.298 e. The first kappa shape index (κ1) is 19.9. The van der Waals surface area contributed by atoms with E-state index in [2.05, 4.69) is 33.8 Å². The second kappa shape index (κ2) is 8.46. The number of rotatable bonds is 6. The van der Waals surface area contributed by atoms with E-state index in [4.69, 9.17) is 0 Å². The van der Waals surface area contributed by atoms with Crippen LogP contribution in [0, 0.1) is 0 Å². The molecule has 1 aliphatic rings. The lowest BCUT2D eigenvalue weighted by atomic mass is 10.1. The Morgan fingerprint density at radius 1 is 0.963 bits per heavy atom. The first-order chi connectivity index (χ1) is 12.9. The zero-order chi connectivity index (χ0) is 19.4. The van der Waals surface area contributed by atoms with Gasteiger partial charge in [-0.1, -0.05) is 19.1 Å². The van der Waals surface area contributed by atoms with Crippen molar-refractivity contribution in [2.24, 2.45) is 0 Å². The van der Waals surface area contributed by atoms with E-state index in [0.29, 0.717) is 10.9 Å². The van der Waals surface area contributed by atoms with Crippen molar-refractivity contribution in [2.75, 3.05) is 31.9 Å². The largest absolute Gasteiger partial charge is 0.298 e. The van der Waals surface area contributed by atoms with Crippen LogP contribution in [-0.2, 0) is 16.4 Å². The van der Waals surface area contributed by atoms with Gasteiger partial charge in [-0.25, -0.2) is 8.42 Å². The number of benzene rings is 1. The number of nitrogens with zero attached hydrogens (tertiary/aromatic N) is 4. The summed E-state index contributed by atoms with van der Waals surface area (Å²) in [5.41, 5.74) is 2.58. The monoisotopic (exact) mass is 388 g/mol. The predicted molar refractivity (Wildman–Crippen MR) is 107 cm³/mol. The molecule has 0 spiro atoms. The van der Waals surface area contributed by atoms with Crippen LogP contribution in [0.4, 0.5) is 0 Å². The predicted octanol–water partition coefficient (Wildman–Crippen LogP) is 2.46. The molecule has 0 amide bonds. The highest BCUT2D eigenvalue weighted by molar-refractivity contribution is 7.91. The smallest absolute Gasteiger partial charge is 0.178 e. The van der Waals surface area contributed by atoms with Gasteiger partial charge in [-0.05, 0) is 38.1 Å². The Kier molecular flexibility index (Phi) is 6.24. The fourth-order valence-corrected chi connectivity index (χ4v) is 4.15. The molecular formula is C20H28N4O2S. The molecule has 0 saturated carbocycles. The summed E-state index contributed by atoms with van der Waals surface area (Å²) in [6.45, 7) is 11.2. The molecule has 1 aromatic heterocycles. The number of aromatic nitrogens is 2. The summed E-state index contributed by atoms with van der Waals surface area (Å²) in [5.74, 6) is 0.103. The fourth-order valence-electron chi connectivity index (χ4n) is 3.26. The molecule has 2 heterocycles. The SMILES string of the molecule is CCS(=O)(=O)c1ccc(-c2ccc(CN3CCN(C(C)C)CC3)nn2)cc1. The highest BCUT2D eigenvalue weighted by Crippen LogP contribution is 2.20. The van der Waals surface area contributed by atoms with Crippen molar-refractivity contribution in [3.63, 3.8) is 0 Å². The molecule has 1 aromatic carbocycles. The molecule has 6 nitrogen and oxygen atoms in total. The van der Waals surface area contributed by atoms with Crippen LogP contribution < -0.4 is 0 Å². The Balaban J connectivity index is 1.62. The lowest BCUT2D eigenvalue weighted by molar-refractivity contribution is 0.103. The summed E-state index contributed by atoms with van der Waals surface area (Å²) in [5, 5.41) is 8.70. The van der Waals surface area contributed by atoms with E-state index in [0.717, 1.165) is 49.7 Å². The van der Waals surface area contributed by atoms with Crippen LogP contribution in [0.15, 0.2) is 41.3 Å². The van der Waals surface area contributed by atoms with E-state index in [-0.39, 0.29) is 5.75 Å². The summed E-state index contributed by atoms with van der Waals surface area (Å²) >= 11 is 0. The molecule has 0 unspecified atom stereocenters. The van der Waals surface area contributed by atoms with Crippen LogP contribution in [0.25, 0.3) is 11.3 Å². The van der Waals surface area contributed by atoms with Crippen LogP contribution in [0.5, 0.6) is 0 Å². The maximum Gasteiger partial charge on any atom is 0.178 e. The van der Waals surface area contributed by atoms with Crippen molar-refractivity contribution >= 4 is 9.84 Å². The molecule has 7 heteroatoms. The van der Waals surface area contributed by atoms with Crippen molar-refractivity contribution in [3.05, 3.63) is 42.1 Å². The van der Waals surface area contributed by atoms with Gasteiger partial charge in [0.1, 0.15) is 0 Å². The van der Waals surface area contributed by atoms with Crippen LogP contribution in [0.1, 0.15) is 26.5 Å². The molecule has 0 N–H and O–H groups in total. The lowest BCUT2D eigenvalue weighted by Crippen LogP contribution is -2.48. The van der Waals surface area contributed by atoms with E-state index in [1.54, 1.807) is 31.2 Å². The molecule has 0 bridgehead atoms. The summed E-state index contributed by atoms with van der Waals surface area (Å²) < 4.78 is 23.8. The average molecular weight is 389 g/mol. The summed E-state index contributed by atoms with van der Waals surface area (Å²) in [6.07, 6.45) is 0. The second-order valence-corrected chi connectivity index (χ2v) is 9.52. The van der Waals surface area contributed by atoms with E-state index in [1.165, 1.54) is 0 Å². The van der Waals surface area contributed by atoms with E-state index in [1.807, 2.05) is 12.1 Å². The van der Waals surface area contributed by atoms with Crippen LogP contribution in [0.3, 0.4) is 0 Å². The van der Waals surface area contributed by atoms with Crippen molar-refractivity contribution in [3.8, 4) is 11.3 Å². The third-order valence-electron chi connectivity index (χ3n) is 5.13. The Hall–Kier alpha value is -1.83. The molecular weight excluding hydrogens is 360 g/mol. The minimum absolute atomic E-state index is 0.103. The third kappa shape index (κ3) is 4.91. The number of piperazine rings is 1. The maximum absolute atomic E-state index is 11.9. The highest BCUT2D eigenvalue weighted by Gasteiger charge is 2.19. The minimum atomic E-state index is -3.17. The summed E-state index contributed by atoms with van der Waals surface area (Å²) in [6, 6.07) is 11.4. The van der Waals surface area contributed by atoms with Gasteiger partial charge >= 0.3 is 0 Å². The average Bonchev–Trinajstić information content (AvgIpc) is 2.69. The quantitative estimate of drug-likeness (QED) is 0.757.